The van der Waals surface area contributed by atoms with Gasteiger partial charge in [-0.25, -0.2) is 0 Å². The number of ether oxygens (including phenoxy) is 4. The van der Waals surface area contributed by atoms with Gasteiger partial charge in [0, 0.05) is 12.1 Å². The van der Waals surface area contributed by atoms with E-state index in [2.05, 4.69) is 12.2 Å². The summed E-state index contributed by atoms with van der Waals surface area (Å²) in [6.07, 6.45) is 6.77. The summed E-state index contributed by atoms with van der Waals surface area (Å²) in [5.74, 6) is 2.23. The lowest BCUT2D eigenvalue weighted by Crippen LogP contribution is -2.39. The van der Waals surface area contributed by atoms with E-state index in [1.807, 2.05) is 24.3 Å². The number of rotatable bonds is 10. The molecule has 1 aliphatic rings. The Balaban J connectivity index is 1.92. The molecule has 0 unspecified atom stereocenters. The molecule has 7 nitrogen and oxygen atoms in total. The lowest BCUT2D eigenvalue weighted by molar-refractivity contribution is 0.0915. The van der Waals surface area contributed by atoms with Gasteiger partial charge in [-0.15, -0.1) is 0 Å². The van der Waals surface area contributed by atoms with E-state index in [-0.39, 0.29) is 11.9 Å². The maximum Gasteiger partial charge on any atom is 0.255 e. The monoisotopic (exact) mass is 456 g/mol. The van der Waals surface area contributed by atoms with Gasteiger partial charge < -0.3 is 30.0 Å². The average Bonchev–Trinajstić information content (AvgIpc) is 2.84. The van der Waals surface area contributed by atoms with Crippen molar-refractivity contribution in [3.8, 4) is 28.7 Å². The third-order valence-corrected chi connectivity index (χ3v) is 6.31. The summed E-state index contributed by atoms with van der Waals surface area (Å²) < 4.78 is 22.8. The molecule has 1 amide bonds. The molecule has 7 heteroatoms. The Morgan fingerprint density at radius 3 is 2.21 bits per heavy atom. The molecule has 1 fully saturated rings. The Hall–Kier alpha value is -2.93. The first-order valence-electron chi connectivity index (χ1n) is 11.6. The van der Waals surface area contributed by atoms with Crippen molar-refractivity contribution in [1.29, 1.82) is 0 Å². The van der Waals surface area contributed by atoms with Crippen LogP contribution < -0.4 is 30.0 Å². The van der Waals surface area contributed by atoms with E-state index >= 15 is 0 Å². The van der Waals surface area contributed by atoms with Gasteiger partial charge in [0.25, 0.3) is 5.91 Å². The lowest BCUT2D eigenvalue weighted by Gasteiger charge is -2.28. The predicted molar refractivity (Wildman–Crippen MR) is 129 cm³/mol. The van der Waals surface area contributed by atoms with E-state index in [4.69, 9.17) is 24.7 Å². The van der Waals surface area contributed by atoms with Crippen molar-refractivity contribution >= 4 is 5.91 Å². The highest BCUT2D eigenvalue weighted by Crippen LogP contribution is 2.48. The van der Waals surface area contributed by atoms with E-state index in [0.717, 1.165) is 24.8 Å². The molecule has 0 heterocycles. The largest absolute Gasteiger partial charge is 0.492 e. The molecule has 0 spiro atoms. The van der Waals surface area contributed by atoms with E-state index in [9.17, 15) is 4.79 Å². The van der Waals surface area contributed by atoms with Crippen LogP contribution in [0.25, 0.3) is 0 Å². The number of amides is 1. The smallest absolute Gasteiger partial charge is 0.255 e. The summed E-state index contributed by atoms with van der Waals surface area (Å²) in [5, 5.41) is 3.16. The zero-order valence-electron chi connectivity index (χ0n) is 20.1. The minimum absolute atomic E-state index is 0.0649. The Labute approximate surface area is 196 Å². The molecule has 1 aliphatic carbocycles. The van der Waals surface area contributed by atoms with E-state index in [1.54, 1.807) is 6.07 Å². The molecule has 2 aromatic carbocycles. The molecule has 2 aromatic rings. The van der Waals surface area contributed by atoms with Gasteiger partial charge in [0.05, 0.1) is 26.9 Å². The normalized spacial score (nSPS) is 14.9. The Kier molecular flexibility index (Phi) is 8.83. The fourth-order valence-electron chi connectivity index (χ4n) is 4.48. The second-order valence-electron chi connectivity index (χ2n) is 8.47. The number of hydrogen-bond donors (Lipinski definition) is 2. The third-order valence-electron chi connectivity index (χ3n) is 6.31. The molecule has 1 atom stereocenters. The predicted octanol–water partition coefficient (Wildman–Crippen LogP) is 4.70. The lowest BCUT2D eigenvalue weighted by atomic mass is 9.84. The molecule has 180 valence electrons. The molecular formula is C26H36N2O5. The molecule has 0 bridgehead atoms. The number of nitrogens with one attached hydrogen (secondary N) is 1. The Morgan fingerprint density at radius 2 is 1.64 bits per heavy atom. The molecule has 33 heavy (non-hydrogen) atoms. The van der Waals surface area contributed by atoms with Gasteiger partial charge in [-0.1, -0.05) is 31.4 Å². The van der Waals surface area contributed by atoms with Crippen LogP contribution in [-0.4, -0.2) is 39.8 Å². The van der Waals surface area contributed by atoms with E-state index in [0.29, 0.717) is 46.8 Å². The summed E-state index contributed by atoms with van der Waals surface area (Å²) in [6.45, 7) is 2.66. The topological polar surface area (TPSA) is 92.0 Å². The molecule has 3 N–H and O–H groups in total. The van der Waals surface area contributed by atoms with Crippen molar-refractivity contribution in [3.05, 3.63) is 41.5 Å². The van der Waals surface area contributed by atoms with Gasteiger partial charge in [-0.05, 0) is 56.3 Å². The first-order valence-corrected chi connectivity index (χ1v) is 11.6. The van der Waals surface area contributed by atoms with Crippen molar-refractivity contribution in [2.45, 2.75) is 51.5 Å². The summed E-state index contributed by atoms with van der Waals surface area (Å²) in [6, 6.07) is 9.38. The van der Waals surface area contributed by atoms with Crippen LogP contribution in [0.2, 0.25) is 0 Å². The standard InChI is InChI=1S/C26H36N2O5/c1-17(19-8-6-5-7-9-19)28-26(29)21-16-22(24(31-3)25(32-4)23(21)30-2)33-20-12-10-18(11-13-20)14-15-27/h10-13,16-17,19H,5-9,14-15,27H2,1-4H3,(H,28,29)/t17-/m1/s1. The number of carbonyl (C=O) groups excluding carboxylic acids is 1. The zero-order chi connectivity index (χ0) is 23.8. The van der Waals surface area contributed by atoms with Gasteiger partial charge in [0.1, 0.15) is 5.75 Å². The molecule has 0 aromatic heterocycles. The van der Waals surface area contributed by atoms with Gasteiger partial charge >= 0.3 is 0 Å². The third kappa shape index (κ3) is 5.90. The highest BCUT2D eigenvalue weighted by molar-refractivity contribution is 5.99. The highest BCUT2D eigenvalue weighted by Gasteiger charge is 2.28. The number of hydrogen-bond acceptors (Lipinski definition) is 6. The first-order chi connectivity index (χ1) is 16.0. The second kappa shape index (κ2) is 11.8. The van der Waals surface area contributed by atoms with Crippen molar-refractivity contribution in [1.82, 2.24) is 5.32 Å². The molecule has 1 saturated carbocycles. The number of nitrogens with two attached hydrogens (primary N) is 1. The number of benzene rings is 2. The van der Waals surface area contributed by atoms with Crippen molar-refractivity contribution in [2.24, 2.45) is 11.7 Å². The van der Waals surface area contributed by atoms with Crippen molar-refractivity contribution < 1.29 is 23.7 Å². The van der Waals surface area contributed by atoms with Crippen LogP contribution in [0.5, 0.6) is 28.7 Å². The summed E-state index contributed by atoms with van der Waals surface area (Å²) in [7, 11) is 4.55. The van der Waals surface area contributed by atoms with Crippen molar-refractivity contribution in [2.75, 3.05) is 27.9 Å². The molecular weight excluding hydrogens is 420 g/mol. The van der Waals surface area contributed by atoms with Crippen LogP contribution in [0, 0.1) is 5.92 Å². The fraction of sp³-hybridized carbons (Fsp3) is 0.500. The fourth-order valence-corrected chi connectivity index (χ4v) is 4.48. The second-order valence-corrected chi connectivity index (χ2v) is 8.47. The molecule has 3 rings (SSSR count). The number of methoxy groups -OCH3 is 3. The van der Waals surface area contributed by atoms with Crippen LogP contribution in [0.4, 0.5) is 0 Å². The molecule has 0 aliphatic heterocycles. The SMILES string of the molecule is COc1c(Oc2ccc(CCN)cc2)cc(C(=O)N[C@H](C)C2CCCCC2)c(OC)c1OC. The van der Waals surface area contributed by atoms with Crippen LogP contribution >= 0.6 is 0 Å². The Bertz CT molecular complexity index is 923. The highest BCUT2D eigenvalue weighted by atomic mass is 16.5. The maximum atomic E-state index is 13.3. The van der Waals surface area contributed by atoms with E-state index < -0.39 is 0 Å². The van der Waals surface area contributed by atoms with Crippen molar-refractivity contribution in [3.63, 3.8) is 0 Å². The van der Waals surface area contributed by atoms with Gasteiger partial charge in [0.15, 0.2) is 11.5 Å². The minimum Gasteiger partial charge on any atom is -0.492 e. The summed E-state index contributed by atoms with van der Waals surface area (Å²) in [5.41, 5.74) is 7.10. The summed E-state index contributed by atoms with van der Waals surface area (Å²) in [4.78, 5) is 13.3. The van der Waals surface area contributed by atoms with Crippen LogP contribution in [0.15, 0.2) is 30.3 Å². The average molecular weight is 457 g/mol. The van der Waals surface area contributed by atoms with Crippen LogP contribution in [-0.2, 0) is 6.42 Å². The maximum absolute atomic E-state index is 13.3. The van der Waals surface area contributed by atoms with Crippen LogP contribution in [0.3, 0.4) is 0 Å². The quantitative estimate of drug-likeness (QED) is 0.538. The first kappa shape index (κ1) is 24.7. The molecule has 0 radical (unpaired) electrons. The summed E-state index contributed by atoms with van der Waals surface area (Å²) >= 11 is 0. The van der Waals surface area contributed by atoms with Gasteiger partial charge in [0.2, 0.25) is 11.5 Å². The van der Waals surface area contributed by atoms with Crippen LogP contribution in [0.1, 0.15) is 54.9 Å². The zero-order valence-corrected chi connectivity index (χ0v) is 20.1. The van der Waals surface area contributed by atoms with E-state index in [1.165, 1.54) is 40.6 Å². The Morgan fingerprint density at radius 1 is 1.00 bits per heavy atom. The number of carbonyl (C=O) groups is 1. The minimum atomic E-state index is -0.228. The molecule has 0 saturated heterocycles. The van der Waals surface area contributed by atoms with Gasteiger partial charge in [-0.2, -0.15) is 0 Å². The van der Waals surface area contributed by atoms with Gasteiger partial charge in [-0.3, -0.25) is 4.79 Å².